The zero-order valence-corrected chi connectivity index (χ0v) is 17.7. The summed E-state index contributed by atoms with van der Waals surface area (Å²) in [6.45, 7) is 2.69. The molecule has 0 saturated carbocycles. The van der Waals surface area contributed by atoms with Crippen molar-refractivity contribution in [1.29, 1.82) is 0 Å². The van der Waals surface area contributed by atoms with Gasteiger partial charge in [0.15, 0.2) is 11.5 Å². The Morgan fingerprint density at radius 1 is 1.13 bits per heavy atom. The summed E-state index contributed by atoms with van der Waals surface area (Å²) in [6.07, 6.45) is 1.70. The van der Waals surface area contributed by atoms with Crippen molar-refractivity contribution in [3.63, 3.8) is 0 Å². The van der Waals surface area contributed by atoms with E-state index in [4.69, 9.17) is 9.15 Å². The van der Waals surface area contributed by atoms with Gasteiger partial charge in [-0.05, 0) is 23.8 Å². The summed E-state index contributed by atoms with van der Waals surface area (Å²) in [6, 6.07) is 11.3. The molecule has 31 heavy (non-hydrogen) atoms. The maximum atomic E-state index is 12.7. The summed E-state index contributed by atoms with van der Waals surface area (Å²) in [4.78, 5) is 23.3. The van der Waals surface area contributed by atoms with Gasteiger partial charge in [-0.1, -0.05) is 12.1 Å². The lowest BCUT2D eigenvalue weighted by Crippen LogP contribution is -2.36. The van der Waals surface area contributed by atoms with Crippen molar-refractivity contribution in [2.24, 2.45) is 0 Å². The Hall–Kier alpha value is -3.43. The number of anilines is 4. The van der Waals surface area contributed by atoms with Gasteiger partial charge >= 0.3 is 0 Å². The van der Waals surface area contributed by atoms with Crippen LogP contribution in [-0.4, -0.2) is 43.3 Å². The van der Waals surface area contributed by atoms with Crippen LogP contribution in [0.4, 0.5) is 23.3 Å². The van der Waals surface area contributed by atoms with E-state index in [1.165, 1.54) is 11.3 Å². The average Bonchev–Trinajstić information content (AvgIpc) is 3.25. The Morgan fingerprint density at radius 2 is 1.94 bits per heavy atom. The Kier molecular flexibility index (Phi) is 5.27. The van der Waals surface area contributed by atoms with E-state index in [1.54, 1.807) is 18.3 Å². The molecule has 8 nitrogen and oxygen atoms in total. The Balaban J connectivity index is 1.44. The van der Waals surface area contributed by atoms with E-state index in [9.17, 15) is 4.79 Å². The molecule has 0 bridgehead atoms. The van der Waals surface area contributed by atoms with Crippen LogP contribution in [0.2, 0.25) is 0 Å². The van der Waals surface area contributed by atoms with Crippen LogP contribution in [-0.2, 0) is 4.74 Å². The van der Waals surface area contributed by atoms with Crippen LogP contribution >= 0.6 is 11.3 Å². The first kappa shape index (κ1) is 19.5. The molecule has 1 fully saturated rings. The highest BCUT2D eigenvalue weighted by Gasteiger charge is 2.18. The van der Waals surface area contributed by atoms with Gasteiger partial charge in [0.25, 0.3) is 0 Å². The van der Waals surface area contributed by atoms with Crippen LogP contribution in [0.5, 0.6) is 0 Å². The minimum atomic E-state index is -0.0150. The highest BCUT2D eigenvalue weighted by atomic mass is 32.1. The minimum absolute atomic E-state index is 0.0150. The van der Waals surface area contributed by atoms with Gasteiger partial charge in [0, 0.05) is 49.0 Å². The number of fused-ring (bicyclic) bond motifs is 1. The van der Waals surface area contributed by atoms with Gasteiger partial charge in [-0.3, -0.25) is 4.79 Å². The van der Waals surface area contributed by atoms with Gasteiger partial charge in [0.2, 0.25) is 11.4 Å². The summed E-state index contributed by atoms with van der Waals surface area (Å²) in [5.74, 6) is 1.85. The molecule has 0 amide bonds. The topological polar surface area (TPSA) is 92.5 Å². The molecule has 158 valence electrons. The Morgan fingerprint density at radius 3 is 2.71 bits per heavy atom. The lowest BCUT2D eigenvalue weighted by Gasteiger charge is -2.27. The Bertz CT molecular complexity index is 1260. The lowest BCUT2D eigenvalue weighted by molar-refractivity contribution is 0.121. The smallest absolute Gasteiger partial charge is 0.229 e. The molecule has 0 atom stereocenters. The molecule has 5 rings (SSSR count). The first-order valence-corrected chi connectivity index (χ1v) is 10.9. The van der Waals surface area contributed by atoms with Crippen molar-refractivity contribution in [2.75, 3.05) is 48.9 Å². The van der Waals surface area contributed by atoms with Crippen LogP contribution in [0.25, 0.3) is 21.4 Å². The van der Waals surface area contributed by atoms with Crippen molar-refractivity contribution in [3.8, 4) is 11.1 Å². The van der Waals surface area contributed by atoms with Crippen molar-refractivity contribution >= 4 is 45.0 Å². The molecule has 0 radical (unpaired) electrons. The molecule has 9 heteroatoms. The number of rotatable bonds is 5. The molecule has 2 N–H and O–H groups in total. The first-order chi connectivity index (χ1) is 15.2. The fraction of sp³-hybridized carbons (Fsp3) is 0.227. The van der Waals surface area contributed by atoms with Gasteiger partial charge in [-0.15, -0.1) is 11.3 Å². The standard InChI is InChI=1S/C22H21N5O3S/c1-23-18-6-7-24-22(26-18)25-15-4-2-14(3-5-15)16-13-31-21-17(28)12-19(30-20(16)21)27-8-10-29-11-9-27/h2-7,12-13H,8-11H2,1H3,(H2,23,24,25,26). The number of benzene rings is 1. The molecular formula is C22H21N5O3S. The van der Waals surface area contributed by atoms with Gasteiger partial charge in [0.1, 0.15) is 10.5 Å². The van der Waals surface area contributed by atoms with Crippen molar-refractivity contribution in [1.82, 2.24) is 9.97 Å². The number of hydrogen-bond donors (Lipinski definition) is 2. The number of hydrogen-bond acceptors (Lipinski definition) is 9. The van der Waals surface area contributed by atoms with E-state index < -0.39 is 0 Å². The fourth-order valence-corrected chi connectivity index (χ4v) is 4.40. The summed E-state index contributed by atoms with van der Waals surface area (Å²) < 4.78 is 12.2. The van der Waals surface area contributed by atoms with Gasteiger partial charge in [-0.25, -0.2) is 4.98 Å². The first-order valence-electron chi connectivity index (χ1n) is 9.97. The second-order valence-corrected chi connectivity index (χ2v) is 7.95. The number of ether oxygens (including phenoxy) is 1. The van der Waals surface area contributed by atoms with E-state index >= 15 is 0 Å². The molecule has 1 aromatic carbocycles. The molecule has 1 aliphatic rings. The SMILES string of the molecule is CNc1ccnc(Nc2ccc(-c3csc4c(=O)cc(N5CCOCC5)oc34)cc2)n1. The Labute approximate surface area is 182 Å². The highest BCUT2D eigenvalue weighted by Crippen LogP contribution is 2.35. The number of nitrogens with one attached hydrogen (secondary N) is 2. The van der Waals surface area contributed by atoms with Crippen LogP contribution < -0.4 is 21.0 Å². The molecular weight excluding hydrogens is 414 g/mol. The van der Waals surface area contributed by atoms with Crippen LogP contribution in [0, 0.1) is 0 Å². The second-order valence-electron chi connectivity index (χ2n) is 7.07. The maximum absolute atomic E-state index is 12.7. The predicted octanol–water partition coefficient (Wildman–Crippen LogP) is 3.93. The average molecular weight is 436 g/mol. The van der Waals surface area contributed by atoms with Crippen molar-refractivity contribution in [3.05, 3.63) is 58.2 Å². The second kappa shape index (κ2) is 8.37. The lowest BCUT2D eigenvalue weighted by atomic mass is 10.1. The van der Waals surface area contributed by atoms with Crippen LogP contribution in [0.1, 0.15) is 0 Å². The molecule has 0 aliphatic carbocycles. The minimum Gasteiger partial charge on any atom is -0.439 e. The quantitative estimate of drug-likeness (QED) is 0.487. The normalized spacial score (nSPS) is 14.0. The van der Waals surface area contributed by atoms with E-state index in [0.717, 1.165) is 22.6 Å². The number of nitrogens with zero attached hydrogens (tertiary/aromatic N) is 3. The highest BCUT2D eigenvalue weighted by molar-refractivity contribution is 7.17. The van der Waals surface area contributed by atoms with Crippen molar-refractivity contribution in [2.45, 2.75) is 0 Å². The van der Waals surface area contributed by atoms with Crippen molar-refractivity contribution < 1.29 is 9.15 Å². The maximum Gasteiger partial charge on any atom is 0.229 e. The molecule has 4 aromatic rings. The number of aromatic nitrogens is 2. The predicted molar refractivity (Wildman–Crippen MR) is 124 cm³/mol. The van der Waals surface area contributed by atoms with Gasteiger partial charge in [-0.2, -0.15) is 4.98 Å². The zero-order valence-electron chi connectivity index (χ0n) is 16.9. The van der Waals surface area contributed by atoms with E-state index in [0.29, 0.717) is 48.4 Å². The van der Waals surface area contributed by atoms with E-state index in [1.807, 2.05) is 36.7 Å². The third-order valence-electron chi connectivity index (χ3n) is 5.12. The molecule has 0 unspecified atom stereocenters. The van der Waals surface area contributed by atoms with Crippen LogP contribution in [0.3, 0.4) is 0 Å². The van der Waals surface area contributed by atoms with Gasteiger partial charge < -0.3 is 24.7 Å². The number of morpholine rings is 1. The summed E-state index contributed by atoms with van der Waals surface area (Å²) in [5, 5.41) is 8.16. The summed E-state index contributed by atoms with van der Waals surface area (Å²) >= 11 is 1.41. The third-order valence-corrected chi connectivity index (χ3v) is 6.09. The molecule has 4 heterocycles. The number of thiophene rings is 1. The monoisotopic (exact) mass is 435 g/mol. The molecule has 1 aliphatic heterocycles. The summed E-state index contributed by atoms with van der Waals surface area (Å²) in [5.41, 5.74) is 3.37. The molecule has 3 aromatic heterocycles. The fourth-order valence-electron chi connectivity index (χ4n) is 3.49. The van der Waals surface area contributed by atoms with Crippen LogP contribution in [0.15, 0.2) is 57.2 Å². The van der Waals surface area contributed by atoms with Gasteiger partial charge in [0.05, 0.1) is 13.2 Å². The summed E-state index contributed by atoms with van der Waals surface area (Å²) in [7, 11) is 1.81. The third kappa shape index (κ3) is 3.97. The molecule has 0 spiro atoms. The zero-order chi connectivity index (χ0) is 21.2. The van der Waals surface area contributed by atoms with E-state index in [2.05, 4.69) is 25.5 Å². The largest absolute Gasteiger partial charge is 0.439 e. The molecule has 1 saturated heterocycles. The van der Waals surface area contributed by atoms with E-state index in [-0.39, 0.29) is 5.43 Å².